The van der Waals surface area contributed by atoms with Crippen LogP contribution in [0.4, 0.5) is 11.4 Å². The molecule has 1 atom stereocenters. The lowest BCUT2D eigenvalue weighted by atomic mass is 9.74. The van der Waals surface area contributed by atoms with E-state index in [1.54, 1.807) is 6.20 Å². The maximum absolute atomic E-state index is 13.3. The minimum absolute atomic E-state index is 0.0324. The van der Waals surface area contributed by atoms with Gasteiger partial charge in [0.25, 0.3) is 0 Å². The minimum Gasteiger partial charge on any atom is -0.371 e. The molecule has 2 aromatic carbocycles. The van der Waals surface area contributed by atoms with Crippen molar-refractivity contribution in [3.8, 4) is 0 Å². The van der Waals surface area contributed by atoms with Crippen LogP contribution in [0, 0.1) is 5.41 Å². The summed E-state index contributed by atoms with van der Waals surface area (Å²) in [5.41, 5.74) is 5.17. The van der Waals surface area contributed by atoms with E-state index in [4.69, 9.17) is 0 Å². The van der Waals surface area contributed by atoms with Crippen LogP contribution in [0.3, 0.4) is 0 Å². The Balaban J connectivity index is 1.61. The summed E-state index contributed by atoms with van der Waals surface area (Å²) < 4.78 is 0. The van der Waals surface area contributed by atoms with E-state index in [2.05, 4.69) is 29.5 Å². The molecule has 0 unspecified atom stereocenters. The second-order valence-electron chi connectivity index (χ2n) is 9.25. The maximum Gasteiger partial charge on any atom is 0.193 e. The Morgan fingerprint density at radius 3 is 2.47 bits per heavy atom. The van der Waals surface area contributed by atoms with Crippen molar-refractivity contribution >= 4 is 22.9 Å². The van der Waals surface area contributed by atoms with Crippen molar-refractivity contribution in [2.45, 2.75) is 32.7 Å². The van der Waals surface area contributed by atoms with Crippen molar-refractivity contribution in [1.29, 1.82) is 0 Å². The van der Waals surface area contributed by atoms with E-state index in [1.165, 1.54) is 0 Å². The zero-order valence-corrected chi connectivity index (χ0v) is 18.2. The number of nitrogens with one attached hydrogen (secondary N) is 2. The zero-order valence-electron chi connectivity index (χ0n) is 18.2. The molecule has 0 spiro atoms. The Labute approximate surface area is 187 Å². The lowest BCUT2D eigenvalue weighted by Gasteiger charge is -2.33. The predicted molar refractivity (Wildman–Crippen MR) is 126 cm³/mol. The Morgan fingerprint density at radius 1 is 0.938 bits per heavy atom. The van der Waals surface area contributed by atoms with Gasteiger partial charge in [-0.1, -0.05) is 50.2 Å². The normalized spacial score (nSPS) is 19.2. The Bertz CT molecular complexity index is 1230. The molecule has 0 fully saturated rings. The van der Waals surface area contributed by atoms with E-state index in [9.17, 15) is 9.59 Å². The Morgan fingerprint density at radius 2 is 1.72 bits per heavy atom. The number of aromatic nitrogens is 1. The highest BCUT2D eigenvalue weighted by atomic mass is 16.1. The third-order valence-electron chi connectivity index (χ3n) is 6.10. The average Bonchev–Trinajstić information content (AvgIpc) is 2.95. The number of carbonyl (C=O) groups is 2. The lowest BCUT2D eigenvalue weighted by molar-refractivity contribution is -0.118. The summed E-state index contributed by atoms with van der Waals surface area (Å²) in [6.07, 6.45) is 2.98. The molecule has 5 heteroatoms. The molecule has 1 aromatic heterocycles. The fourth-order valence-corrected chi connectivity index (χ4v) is 4.61. The second kappa shape index (κ2) is 7.75. The van der Waals surface area contributed by atoms with Crippen molar-refractivity contribution in [2.75, 3.05) is 10.6 Å². The minimum atomic E-state index is -0.348. The van der Waals surface area contributed by atoms with Gasteiger partial charge in [-0.05, 0) is 42.2 Å². The molecule has 0 saturated carbocycles. The number of rotatable bonds is 3. The molecule has 2 heterocycles. The first-order chi connectivity index (χ1) is 15.4. The fraction of sp³-hybridized carbons (Fsp3) is 0.222. The van der Waals surface area contributed by atoms with E-state index in [1.807, 2.05) is 66.7 Å². The molecule has 0 radical (unpaired) electrons. The number of nitrogens with zero attached hydrogens (tertiary/aromatic N) is 1. The van der Waals surface area contributed by atoms with Crippen molar-refractivity contribution in [2.24, 2.45) is 5.41 Å². The molecule has 5 rings (SSSR count). The topological polar surface area (TPSA) is 71.1 Å². The van der Waals surface area contributed by atoms with Gasteiger partial charge in [-0.15, -0.1) is 0 Å². The third-order valence-corrected chi connectivity index (χ3v) is 6.10. The Kier molecular flexibility index (Phi) is 4.89. The number of anilines is 2. The maximum atomic E-state index is 13.3. The first-order valence-electron chi connectivity index (χ1n) is 10.9. The van der Waals surface area contributed by atoms with Crippen molar-refractivity contribution in [3.63, 3.8) is 0 Å². The standard InChI is InChI=1S/C27H25N3O2/c1-27(2)15-22-24(23(31)16-27)25(20-10-6-7-13-28-20)30-19-12-11-18(14-21(19)29-22)26(32)17-8-4-3-5-9-17/h3-14,25,29-30H,15-16H2,1-2H3/t25-/m1/s1. The summed E-state index contributed by atoms with van der Waals surface area (Å²) in [6.45, 7) is 4.22. The van der Waals surface area contributed by atoms with Crippen molar-refractivity contribution in [3.05, 3.63) is 101 Å². The number of ketones is 2. The second-order valence-corrected chi connectivity index (χ2v) is 9.25. The third kappa shape index (κ3) is 3.71. The number of pyridine rings is 1. The number of benzene rings is 2. The van der Waals surface area contributed by atoms with Crippen LogP contribution in [0.25, 0.3) is 0 Å². The average molecular weight is 424 g/mol. The molecule has 0 amide bonds. The first-order valence-corrected chi connectivity index (χ1v) is 10.9. The highest BCUT2D eigenvalue weighted by Crippen LogP contribution is 2.45. The molecule has 1 aliphatic carbocycles. The number of Topliss-reactive ketones (excluding diaryl/α,β-unsaturated/α-hetero) is 1. The fourth-order valence-electron chi connectivity index (χ4n) is 4.61. The van der Waals surface area contributed by atoms with Crippen LogP contribution >= 0.6 is 0 Å². The van der Waals surface area contributed by atoms with Crippen LogP contribution in [0.15, 0.2) is 84.2 Å². The molecule has 2 N–H and O–H groups in total. The first kappa shape index (κ1) is 20.2. The van der Waals surface area contributed by atoms with Gasteiger partial charge in [0.2, 0.25) is 0 Å². The van der Waals surface area contributed by atoms with Gasteiger partial charge in [0.15, 0.2) is 11.6 Å². The molecule has 3 aromatic rings. The summed E-state index contributed by atoms with van der Waals surface area (Å²) in [5, 5.41) is 7.03. The summed E-state index contributed by atoms with van der Waals surface area (Å²) in [7, 11) is 0. The molecule has 160 valence electrons. The molecule has 2 aliphatic rings. The van der Waals surface area contributed by atoms with Gasteiger partial charge in [-0.25, -0.2) is 0 Å². The van der Waals surface area contributed by atoms with Gasteiger partial charge in [0.05, 0.1) is 23.1 Å². The van der Waals surface area contributed by atoms with Crippen LogP contribution in [0.2, 0.25) is 0 Å². The molecule has 32 heavy (non-hydrogen) atoms. The van der Waals surface area contributed by atoms with Crippen molar-refractivity contribution < 1.29 is 9.59 Å². The number of allylic oxidation sites excluding steroid dienone is 1. The van der Waals surface area contributed by atoms with Gasteiger partial charge in [0.1, 0.15) is 0 Å². The molecular formula is C27H25N3O2. The number of carbonyl (C=O) groups excluding carboxylic acids is 2. The molecular weight excluding hydrogens is 398 g/mol. The Hall–Kier alpha value is -3.73. The van der Waals surface area contributed by atoms with Crippen LogP contribution in [-0.4, -0.2) is 16.6 Å². The summed E-state index contributed by atoms with van der Waals surface area (Å²) in [5.74, 6) is 0.0928. The highest BCUT2D eigenvalue weighted by molar-refractivity contribution is 6.10. The summed E-state index contributed by atoms with van der Waals surface area (Å²) in [4.78, 5) is 30.8. The van der Waals surface area contributed by atoms with Gasteiger partial charge < -0.3 is 10.6 Å². The van der Waals surface area contributed by atoms with Gasteiger partial charge in [0, 0.05) is 35.0 Å². The van der Waals surface area contributed by atoms with Gasteiger partial charge >= 0.3 is 0 Å². The summed E-state index contributed by atoms with van der Waals surface area (Å²) >= 11 is 0. The van der Waals surface area contributed by atoms with Crippen LogP contribution in [0.1, 0.15) is 54.3 Å². The zero-order chi connectivity index (χ0) is 22.3. The molecule has 0 bridgehead atoms. The molecule has 5 nitrogen and oxygen atoms in total. The number of hydrogen-bond acceptors (Lipinski definition) is 5. The number of hydrogen-bond donors (Lipinski definition) is 2. The molecule has 1 aliphatic heterocycles. The van der Waals surface area contributed by atoms with Gasteiger partial charge in [-0.3, -0.25) is 14.6 Å². The van der Waals surface area contributed by atoms with E-state index >= 15 is 0 Å². The SMILES string of the molecule is CC1(C)CC(=O)C2=C(C1)Nc1cc(C(=O)c3ccccc3)ccc1N[C@@H]2c1ccccn1. The lowest BCUT2D eigenvalue weighted by Crippen LogP contribution is -2.31. The predicted octanol–water partition coefficient (Wildman–Crippen LogP) is 5.53. The number of fused-ring (bicyclic) bond motifs is 1. The highest BCUT2D eigenvalue weighted by Gasteiger charge is 2.39. The van der Waals surface area contributed by atoms with Crippen LogP contribution in [-0.2, 0) is 4.79 Å². The van der Waals surface area contributed by atoms with E-state index < -0.39 is 0 Å². The largest absolute Gasteiger partial charge is 0.371 e. The van der Waals surface area contributed by atoms with E-state index in [0.717, 1.165) is 34.8 Å². The quantitative estimate of drug-likeness (QED) is 0.542. The summed E-state index contributed by atoms with van der Waals surface area (Å²) in [6, 6.07) is 20.3. The van der Waals surface area contributed by atoms with Crippen LogP contribution in [0.5, 0.6) is 0 Å². The monoisotopic (exact) mass is 423 g/mol. The van der Waals surface area contributed by atoms with Crippen LogP contribution < -0.4 is 10.6 Å². The van der Waals surface area contributed by atoms with Gasteiger partial charge in [-0.2, -0.15) is 0 Å². The smallest absolute Gasteiger partial charge is 0.193 e. The molecule has 0 saturated heterocycles. The van der Waals surface area contributed by atoms with E-state index in [-0.39, 0.29) is 23.0 Å². The van der Waals surface area contributed by atoms with E-state index in [0.29, 0.717) is 17.5 Å². The van der Waals surface area contributed by atoms with Crippen molar-refractivity contribution in [1.82, 2.24) is 4.98 Å².